The van der Waals surface area contributed by atoms with Crippen molar-refractivity contribution in [2.75, 3.05) is 5.32 Å². The fraction of sp³-hybridized carbons (Fsp3) is 0.167. The Kier molecular flexibility index (Phi) is 5.04. The van der Waals surface area contributed by atoms with Crippen LogP contribution in [0.5, 0.6) is 5.75 Å². The van der Waals surface area contributed by atoms with Crippen molar-refractivity contribution in [1.29, 1.82) is 0 Å². The maximum Gasteiger partial charge on any atom is 0.255 e. The van der Waals surface area contributed by atoms with E-state index in [1.54, 1.807) is 24.3 Å². The number of nitrogens with zero attached hydrogens (tertiary/aromatic N) is 2. The Balaban J connectivity index is 1.40. The number of carbonyl (C=O) groups excluding carboxylic acids is 1. The number of amides is 1. The molecule has 2 heterocycles. The molecule has 4 aromatic rings. The summed E-state index contributed by atoms with van der Waals surface area (Å²) in [6.45, 7) is 6.45. The van der Waals surface area contributed by atoms with Gasteiger partial charge in [-0.3, -0.25) is 4.79 Å². The average molecular weight is 385 g/mol. The first-order valence-corrected chi connectivity index (χ1v) is 9.54. The Bertz CT molecular complexity index is 1180. The molecule has 1 N–H and O–H groups in total. The lowest BCUT2D eigenvalue weighted by atomic mass is 10.1. The molecule has 1 amide bonds. The predicted molar refractivity (Wildman–Crippen MR) is 115 cm³/mol. The number of pyridine rings is 1. The second kappa shape index (κ2) is 7.80. The summed E-state index contributed by atoms with van der Waals surface area (Å²) in [5.74, 6) is 0.558. The van der Waals surface area contributed by atoms with Crippen LogP contribution in [0.1, 0.15) is 32.7 Å². The van der Waals surface area contributed by atoms with Crippen LogP contribution in [0.25, 0.3) is 5.65 Å². The third kappa shape index (κ3) is 4.14. The highest BCUT2D eigenvalue weighted by molar-refractivity contribution is 6.04. The number of carbonyl (C=O) groups is 1. The molecule has 4 rings (SSSR count). The van der Waals surface area contributed by atoms with Gasteiger partial charge in [0.1, 0.15) is 18.0 Å². The van der Waals surface area contributed by atoms with Gasteiger partial charge in [0.25, 0.3) is 5.91 Å². The van der Waals surface area contributed by atoms with Crippen molar-refractivity contribution in [3.05, 3.63) is 94.9 Å². The highest BCUT2D eigenvalue weighted by atomic mass is 16.5. The quantitative estimate of drug-likeness (QED) is 0.520. The van der Waals surface area contributed by atoms with Gasteiger partial charge in [0.15, 0.2) is 0 Å². The number of rotatable bonds is 5. The van der Waals surface area contributed by atoms with Gasteiger partial charge < -0.3 is 14.5 Å². The molecule has 0 bridgehead atoms. The molecule has 29 heavy (non-hydrogen) atoms. The number of ether oxygens (including phenoxy) is 1. The molecule has 5 nitrogen and oxygen atoms in total. The fourth-order valence-electron chi connectivity index (χ4n) is 3.17. The first-order valence-electron chi connectivity index (χ1n) is 9.54. The molecule has 0 aliphatic rings. The van der Waals surface area contributed by atoms with Crippen molar-refractivity contribution < 1.29 is 9.53 Å². The molecular formula is C24H23N3O2. The lowest BCUT2D eigenvalue weighted by Gasteiger charge is -2.11. The normalized spacial score (nSPS) is 10.9. The number of benzene rings is 2. The molecule has 2 aromatic carbocycles. The Morgan fingerprint density at radius 3 is 2.59 bits per heavy atom. The number of anilines is 1. The Morgan fingerprint density at radius 2 is 1.79 bits per heavy atom. The molecular weight excluding hydrogens is 362 g/mol. The molecule has 0 aliphatic heterocycles. The van der Waals surface area contributed by atoms with E-state index in [4.69, 9.17) is 4.74 Å². The molecule has 5 heteroatoms. The number of nitrogens with one attached hydrogen (secondary N) is 1. The number of aryl methyl sites for hydroxylation is 2. The van der Waals surface area contributed by atoms with E-state index in [0.29, 0.717) is 17.9 Å². The first kappa shape index (κ1) is 18.7. The number of hydrogen-bond donors (Lipinski definition) is 1. The predicted octanol–water partition coefficient (Wildman–Crippen LogP) is 5.09. The molecule has 0 saturated heterocycles. The highest BCUT2D eigenvalue weighted by Crippen LogP contribution is 2.20. The second-order valence-corrected chi connectivity index (χ2v) is 7.22. The minimum atomic E-state index is -0.138. The maximum absolute atomic E-state index is 12.5. The van der Waals surface area contributed by atoms with Gasteiger partial charge in [-0.2, -0.15) is 0 Å². The first-order chi connectivity index (χ1) is 14.0. The summed E-state index contributed by atoms with van der Waals surface area (Å²) in [4.78, 5) is 17.1. The van der Waals surface area contributed by atoms with E-state index in [-0.39, 0.29) is 5.91 Å². The molecule has 0 saturated carbocycles. The van der Waals surface area contributed by atoms with Crippen LogP contribution in [0.15, 0.2) is 67.0 Å². The zero-order valence-corrected chi connectivity index (χ0v) is 16.8. The second-order valence-electron chi connectivity index (χ2n) is 7.22. The summed E-state index contributed by atoms with van der Waals surface area (Å²) in [5.41, 5.74) is 6.56. The minimum Gasteiger partial charge on any atom is -0.487 e. The summed E-state index contributed by atoms with van der Waals surface area (Å²) in [6, 6.07) is 17.0. The van der Waals surface area contributed by atoms with Crippen LogP contribution in [0.3, 0.4) is 0 Å². The zero-order valence-electron chi connectivity index (χ0n) is 16.8. The molecule has 0 atom stereocenters. The maximum atomic E-state index is 12.5. The van der Waals surface area contributed by atoms with Crippen LogP contribution in [0.2, 0.25) is 0 Å². The summed E-state index contributed by atoms with van der Waals surface area (Å²) in [5, 5.41) is 2.97. The van der Waals surface area contributed by atoms with E-state index in [1.807, 2.05) is 67.9 Å². The number of hydrogen-bond acceptors (Lipinski definition) is 3. The van der Waals surface area contributed by atoms with Gasteiger partial charge in [0.2, 0.25) is 0 Å². The third-order valence-corrected chi connectivity index (χ3v) is 5.00. The van der Waals surface area contributed by atoms with Crippen LogP contribution in [-0.4, -0.2) is 15.3 Å². The van der Waals surface area contributed by atoms with E-state index in [0.717, 1.165) is 28.2 Å². The SMILES string of the molecule is Cc1ccc2nc(COc3ccc(C(=O)Nc4cccc(C)c4C)cc3)cn2c1. The number of aromatic nitrogens is 2. The van der Waals surface area contributed by atoms with E-state index in [1.165, 1.54) is 5.56 Å². The Hall–Kier alpha value is -3.60. The Labute approximate surface area is 170 Å². The monoisotopic (exact) mass is 385 g/mol. The fourth-order valence-corrected chi connectivity index (χ4v) is 3.17. The summed E-state index contributed by atoms with van der Waals surface area (Å²) < 4.78 is 7.83. The van der Waals surface area contributed by atoms with Gasteiger partial charge >= 0.3 is 0 Å². The van der Waals surface area contributed by atoms with Gasteiger partial charge in [-0.05, 0) is 73.9 Å². The van der Waals surface area contributed by atoms with Gasteiger partial charge in [0.05, 0.1) is 5.69 Å². The molecule has 0 unspecified atom stereocenters. The number of fused-ring (bicyclic) bond motifs is 1. The van der Waals surface area contributed by atoms with Crippen LogP contribution in [0, 0.1) is 20.8 Å². The molecule has 0 spiro atoms. The van der Waals surface area contributed by atoms with Crippen LogP contribution < -0.4 is 10.1 Å². The smallest absolute Gasteiger partial charge is 0.255 e. The minimum absolute atomic E-state index is 0.138. The topological polar surface area (TPSA) is 55.6 Å². The van der Waals surface area contributed by atoms with E-state index in [9.17, 15) is 4.79 Å². The van der Waals surface area contributed by atoms with E-state index >= 15 is 0 Å². The van der Waals surface area contributed by atoms with Gasteiger partial charge in [-0.1, -0.05) is 18.2 Å². The highest BCUT2D eigenvalue weighted by Gasteiger charge is 2.09. The largest absolute Gasteiger partial charge is 0.487 e. The molecule has 146 valence electrons. The van der Waals surface area contributed by atoms with Crippen molar-refractivity contribution in [2.24, 2.45) is 0 Å². The molecule has 2 aromatic heterocycles. The lowest BCUT2D eigenvalue weighted by molar-refractivity contribution is 0.102. The van der Waals surface area contributed by atoms with Crippen molar-refractivity contribution in [3.8, 4) is 5.75 Å². The van der Waals surface area contributed by atoms with Crippen molar-refractivity contribution >= 4 is 17.2 Å². The van der Waals surface area contributed by atoms with Gasteiger partial charge in [-0.15, -0.1) is 0 Å². The van der Waals surface area contributed by atoms with E-state index < -0.39 is 0 Å². The Morgan fingerprint density at radius 1 is 1.00 bits per heavy atom. The molecule has 0 fully saturated rings. The van der Waals surface area contributed by atoms with Crippen molar-refractivity contribution in [1.82, 2.24) is 9.38 Å². The van der Waals surface area contributed by atoms with Crippen LogP contribution in [0.4, 0.5) is 5.69 Å². The zero-order chi connectivity index (χ0) is 20.4. The molecule has 0 aliphatic carbocycles. The van der Waals surface area contributed by atoms with Crippen molar-refractivity contribution in [2.45, 2.75) is 27.4 Å². The van der Waals surface area contributed by atoms with Crippen LogP contribution in [-0.2, 0) is 6.61 Å². The summed E-state index contributed by atoms with van der Waals surface area (Å²) in [7, 11) is 0. The number of imidazole rings is 1. The average Bonchev–Trinajstić information content (AvgIpc) is 3.12. The summed E-state index contributed by atoms with van der Waals surface area (Å²) >= 11 is 0. The van der Waals surface area contributed by atoms with Gasteiger partial charge in [0, 0.05) is 23.6 Å². The standard InChI is InChI=1S/C24H23N3O2/c1-16-7-12-23-25-20(14-27(23)13-16)15-29-21-10-8-19(9-11-21)24(28)26-22-6-4-5-17(2)18(22)3/h4-14H,15H2,1-3H3,(H,26,28). The van der Waals surface area contributed by atoms with Crippen LogP contribution >= 0.6 is 0 Å². The lowest BCUT2D eigenvalue weighted by Crippen LogP contribution is -2.13. The third-order valence-electron chi connectivity index (χ3n) is 5.00. The van der Waals surface area contributed by atoms with Gasteiger partial charge in [-0.25, -0.2) is 4.98 Å². The summed E-state index contributed by atoms with van der Waals surface area (Å²) in [6.07, 6.45) is 4.00. The van der Waals surface area contributed by atoms with Crippen molar-refractivity contribution in [3.63, 3.8) is 0 Å². The van der Waals surface area contributed by atoms with E-state index in [2.05, 4.69) is 10.3 Å². The molecule has 0 radical (unpaired) electrons.